The topological polar surface area (TPSA) is 91.7 Å². The smallest absolute Gasteiger partial charge is 0.251 e. The van der Waals surface area contributed by atoms with Gasteiger partial charge in [-0.3, -0.25) is 14.4 Å². The number of sulfonamides is 1. The standard InChI is InChI=1S/C17H23N3O4S/c1-12-7-8-13(10-14(12)19-25(4,22)23)17(21)18-11-15(20(2)3)16-6-5-9-24-16/h5-10,15,19H,11H2,1-4H3,(H,18,21). The molecule has 1 heterocycles. The van der Waals surface area contributed by atoms with Gasteiger partial charge < -0.3 is 9.73 Å². The zero-order valence-electron chi connectivity index (χ0n) is 14.7. The van der Waals surface area contributed by atoms with Crippen LogP contribution in [0.5, 0.6) is 0 Å². The molecule has 1 aromatic heterocycles. The summed E-state index contributed by atoms with van der Waals surface area (Å²) < 4.78 is 30.7. The van der Waals surface area contributed by atoms with Gasteiger partial charge in [0.25, 0.3) is 5.91 Å². The average Bonchev–Trinajstić information content (AvgIpc) is 3.02. The number of rotatable bonds is 7. The number of aryl methyl sites for hydroxylation is 1. The Morgan fingerprint density at radius 3 is 2.56 bits per heavy atom. The predicted molar refractivity (Wildman–Crippen MR) is 97.1 cm³/mol. The van der Waals surface area contributed by atoms with E-state index in [2.05, 4.69) is 10.0 Å². The number of nitrogens with one attached hydrogen (secondary N) is 2. The van der Waals surface area contributed by atoms with Crippen molar-refractivity contribution in [2.75, 3.05) is 31.6 Å². The molecule has 136 valence electrons. The molecule has 0 fully saturated rings. The lowest BCUT2D eigenvalue weighted by atomic mass is 10.1. The average molecular weight is 365 g/mol. The Hall–Kier alpha value is -2.32. The minimum atomic E-state index is -3.41. The van der Waals surface area contributed by atoms with Gasteiger partial charge in [-0.05, 0) is 50.8 Å². The molecule has 0 spiro atoms. The maximum Gasteiger partial charge on any atom is 0.251 e. The SMILES string of the molecule is Cc1ccc(C(=O)NCC(c2ccco2)N(C)C)cc1NS(C)(=O)=O. The molecule has 0 bridgehead atoms. The number of nitrogens with zero attached hydrogens (tertiary/aromatic N) is 1. The van der Waals surface area contributed by atoms with Crippen LogP contribution in [0.15, 0.2) is 41.0 Å². The van der Waals surface area contributed by atoms with Crippen molar-refractivity contribution in [2.45, 2.75) is 13.0 Å². The van der Waals surface area contributed by atoms with E-state index in [1.54, 1.807) is 31.4 Å². The highest BCUT2D eigenvalue weighted by Gasteiger charge is 2.18. The van der Waals surface area contributed by atoms with Crippen LogP contribution in [0.1, 0.15) is 27.7 Å². The van der Waals surface area contributed by atoms with Gasteiger partial charge in [-0.1, -0.05) is 6.07 Å². The Kier molecular flexibility index (Phi) is 5.86. The summed E-state index contributed by atoms with van der Waals surface area (Å²) in [6.45, 7) is 2.14. The van der Waals surface area contributed by atoms with Crippen molar-refractivity contribution in [3.05, 3.63) is 53.5 Å². The van der Waals surface area contributed by atoms with Crippen LogP contribution in [0, 0.1) is 6.92 Å². The van der Waals surface area contributed by atoms with E-state index < -0.39 is 10.0 Å². The van der Waals surface area contributed by atoms with Gasteiger partial charge in [-0.15, -0.1) is 0 Å². The van der Waals surface area contributed by atoms with E-state index in [0.29, 0.717) is 17.8 Å². The van der Waals surface area contributed by atoms with Gasteiger partial charge >= 0.3 is 0 Å². The van der Waals surface area contributed by atoms with Crippen LogP contribution in [0.2, 0.25) is 0 Å². The van der Waals surface area contributed by atoms with Gasteiger partial charge in [0.2, 0.25) is 10.0 Å². The first kappa shape index (κ1) is 19.0. The quantitative estimate of drug-likeness (QED) is 0.783. The molecule has 2 aromatic rings. The highest BCUT2D eigenvalue weighted by Crippen LogP contribution is 2.20. The fraction of sp³-hybridized carbons (Fsp3) is 0.353. The van der Waals surface area contributed by atoms with Gasteiger partial charge in [0, 0.05) is 12.1 Å². The summed E-state index contributed by atoms with van der Waals surface area (Å²) >= 11 is 0. The normalized spacial score (nSPS) is 12.8. The van der Waals surface area contributed by atoms with Crippen molar-refractivity contribution < 1.29 is 17.6 Å². The molecule has 2 N–H and O–H groups in total. The fourth-order valence-electron chi connectivity index (χ4n) is 2.38. The molecule has 0 aliphatic carbocycles. The third-order valence-electron chi connectivity index (χ3n) is 3.75. The lowest BCUT2D eigenvalue weighted by molar-refractivity contribution is 0.0939. The molecule has 1 unspecified atom stereocenters. The molecule has 0 aliphatic rings. The van der Waals surface area contributed by atoms with Gasteiger partial charge in [-0.25, -0.2) is 8.42 Å². The van der Waals surface area contributed by atoms with Crippen LogP contribution in [0.3, 0.4) is 0 Å². The fourth-order valence-corrected chi connectivity index (χ4v) is 3.00. The number of benzene rings is 1. The first-order chi connectivity index (χ1) is 11.7. The Labute approximate surface area is 148 Å². The zero-order valence-corrected chi connectivity index (χ0v) is 15.6. The van der Waals surface area contributed by atoms with Crippen molar-refractivity contribution in [1.29, 1.82) is 0 Å². The van der Waals surface area contributed by atoms with Crippen LogP contribution in [0.25, 0.3) is 0 Å². The van der Waals surface area contributed by atoms with Crippen molar-refractivity contribution in [3.8, 4) is 0 Å². The van der Waals surface area contributed by atoms with E-state index in [1.165, 1.54) is 6.07 Å². The number of amides is 1. The molecule has 0 radical (unpaired) electrons. The number of likely N-dealkylation sites (N-methyl/N-ethyl adjacent to an activating group) is 1. The third kappa shape index (κ3) is 5.33. The van der Waals surface area contributed by atoms with Gasteiger partial charge in [0.05, 0.1) is 24.2 Å². The van der Waals surface area contributed by atoms with Crippen molar-refractivity contribution >= 4 is 21.6 Å². The van der Waals surface area contributed by atoms with Crippen molar-refractivity contribution in [1.82, 2.24) is 10.2 Å². The highest BCUT2D eigenvalue weighted by atomic mass is 32.2. The lowest BCUT2D eigenvalue weighted by Crippen LogP contribution is -2.34. The van der Waals surface area contributed by atoms with Crippen LogP contribution < -0.4 is 10.0 Å². The van der Waals surface area contributed by atoms with E-state index in [4.69, 9.17) is 4.42 Å². The summed E-state index contributed by atoms with van der Waals surface area (Å²) in [5.74, 6) is 0.476. The summed E-state index contributed by atoms with van der Waals surface area (Å²) in [4.78, 5) is 14.4. The molecule has 1 atom stereocenters. The lowest BCUT2D eigenvalue weighted by Gasteiger charge is -2.22. The van der Waals surface area contributed by atoms with Crippen molar-refractivity contribution in [3.63, 3.8) is 0 Å². The Morgan fingerprint density at radius 2 is 2.00 bits per heavy atom. The van der Waals surface area contributed by atoms with Gasteiger partial charge in [0.1, 0.15) is 5.76 Å². The molecular formula is C17H23N3O4S. The Bertz CT molecular complexity index is 830. The van der Waals surface area contributed by atoms with Gasteiger partial charge in [0.15, 0.2) is 0 Å². The molecule has 2 rings (SSSR count). The molecule has 0 saturated heterocycles. The van der Waals surface area contributed by atoms with Crippen LogP contribution >= 0.6 is 0 Å². The molecule has 8 heteroatoms. The molecule has 25 heavy (non-hydrogen) atoms. The minimum absolute atomic E-state index is 0.0991. The predicted octanol–water partition coefficient (Wildman–Crippen LogP) is 1.99. The summed E-state index contributed by atoms with van der Waals surface area (Å²) in [6, 6.07) is 8.46. The van der Waals surface area contributed by atoms with Crippen LogP contribution in [-0.2, 0) is 10.0 Å². The monoisotopic (exact) mass is 365 g/mol. The molecule has 7 nitrogen and oxygen atoms in total. The summed E-state index contributed by atoms with van der Waals surface area (Å²) in [7, 11) is 0.395. The first-order valence-corrected chi connectivity index (χ1v) is 9.63. The van der Waals surface area contributed by atoms with Crippen LogP contribution in [-0.4, -0.2) is 46.1 Å². The maximum absolute atomic E-state index is 12.4. The third-order valence-corrected chi connectivity index (χ3v) is 4.34. The zero-order chi connectivity index (χ0) is 18.6. The van der Waals surface area contributed by atoms with E-state index >= 15 is 0 Å². The molecule has 0 aliphatic heterocycles. The number of anilines is 1. The molecule has 0 saturated carbocycles. The largest absolute Gasteiger partial charge is 0.468 e. The van der Waals surface area contributed by atoms with E-state index in [1.807, 2.05) is 25.1 Å². The van der Waals surface area contributed by atoms with E-state index in [0.717, 1.165) is 17.6 Å². The van der Waals surface area contributed by atoms with Crippen LogP contribution in [0.4, 0.5) is 5.69 Å². The molecule has 1 amide bonds. The Morgan fingerprint density at radius 1 is 1.28 bits per heavy atom. The second-order valence-corrected chi connectivity index (χ2v) is 7.86. The second-order valence-electron chi connectivity index (χ2n) is 6.11. The molecular weight excluding hydrogens is 342 g/mol. The number of carbonyl (C=O) groups is 1. The summed E-state index contributed by atoms with van der Waals surface area (Å²) in [6.07, 6.45) is 2.67. The number of hydrogen-bond acceptors (Lipinski definition) is 5. The molecule has 1 aromatic carbocycles. The Balaban J connectivity index is 2.11. The highest BCUT2D eigenvalue weighted by molar-refractivity contribution is 7.92. The minimum Gasteiger partial charge on any atom is -0.468 e. The number of furan rings is 1. The number of carbonyl (C=O) groups excluding carboxylic acids is 1. The van der Waals surface area contributed by atoms with E-state index in [-0.39, 0.29) is 11.9 Å². The van der Waals surface area contributed by atoms with Crippen molar-refractivity contribution in [2.24, 2.45) is 0 Å². The maximum atomic E-state index is 12.4. The number of hydrogen-bond donors (Lipinski definition) is 2. The summed E-state index contributed by atoms with van der Waals surface area (Å²) in [5, 5.41) is 2.86. The second kappa shape index (κ2) is 7.71. The van der Waals surface area contributed by atoms with Gasteiger partial charge in [-0.2, -0.15) is 0 Å². The summed E-state index contributed by atoms with van der Waals surface area (Å²) in [5.41, 5.74) is 1.52. The first-order valence-electron chi connectivity index (χ1n) is 7.74. The van der Waals surface area contributed by atoms with E-state index in [9.17, 15) is 13.2 Å².